The third-order valence-electron chi connectivity index (χ3n) is 0.357. The number of hydrogen-bond donors (Lipinski definition) is 2. The van der Waals surface area contributed by atoms with Crippen LogP contribution in [-0.4, -0.2) is 39.4 Å². The molecule has 0 saturated heterocycles. The van der Waals surface area contributed by atoms with E-state index < -0.39 is 12.1 Å². The number of carboxylic acid groups (broad SMARTS) is 1. The average molecular weight is 169 g/mol. The minimum absolute atomic E-state index is 0. The van der Waals surface area contributed by atoms with E-state index >= 15 is 0 Å². The van der Waals surface area contributed by atoms with Crippen LogP contribution in [0.5, 0.6) is 0 Å². The average Bonchev–Trinajstić information content (AvgIpc) is 1.36. The Kier molecular flexibility index (Phi) is 5.91. The Morgan fingerprint density at radius 3 is 1.86 bits per heavy atom. The molecule has 0 bridgehead atoms. The summed E-state index contributed by atoms with van der Waals surface area (Å²) in [5, 5.41) is 15.8. The molecule has 3 nitrogen and oxygen atoms in total. The Hall–Kier alpha value is -0.0505. The van der Waals surface area contributed by atoms with E-state index in [1.165, 1.54) is 6.92 Å². The Balaban J connectivity index is 0. The van der Waals surface area contributed by atoms with Crippen molar-refractivity contribution in [2.75, 3.05) is 0 Å². The fourth-order valence-corrected chi connectivity index (χ4v) is 0. The van der Waals surface area contributed by atoms with E-state index in [-0.39, 0.29) is 17.1 Å². The molecule has 1 unspecified atom stereocenters. The van der Waals surface area contributed by atoms with Crippen molar-refractivity contribution >= 4 is 23.0 Å². The molecule has 0 aliphatic heterocycles. The predicted octanol–water partition coefficient (Wildman–Crippen LogP) is -0.929. The molecule has 0 heterocycles. The second-order valence-corrected chi connectivity index (χ2v) is 1.01. The normalized spacial score (nSPS) is 11.7. The molecular weight excluding hydrogens is 163 g/mol. The molecule has 0 saturated carbocycles. The van der Waals surface area contributed by atoms with Crippen LogP contribution in [0.3, 0.4) is 0 Å². The van der Waals surface area contributed by atoms with Crippen LogP contribution >= 0.6 is 0 Å². The van der Waals surface area contributed by atoms with Gasteiger partial charge < -0.3 is 10.2 Å². The molecule has 1 atom stereocenters. The van der Waals surface area contributed by atoms with Gasteiger partial charge in [-0.15, -0.1) is 0 Å². The van der Waals surface area contributed by atoms with Crippen LogP contribution in [0.4, 0.5) is 0 Å². The summed E-state index contributed by atoms with van der Waals surface area (Å²) >= 11 is 0. The van der Waals surface area contributed by atoms with Gasteiger partial charge in [0.1, 0.15) is 6.10 Å². The summed E-state index contributed by atoms with van der Waals surface area (Å²) in [4.78, 5) is 9.45. The SMILES string of the molecule is CC(O)C(=O)O.[Se]. The Bertz CT molecular complexity index is 61.2. The van der Waals surface area contributed by atoms with Crippen LogP contribution in [-0.2, 0) is 4.79 Å². The summed E-state index contributed by atoms with van der Waals surface area (Å²) in [6.07, 6.45) is -1.23. The molecule has 0 aromatic carbocycles. The van der Waals surface area contributed by atoms with Crippen molar-refractivity contribution in [3.05, 3.63) is 0 Å². The minimum atomic E-state index is -1.23. The maximum atomic E-state index is 9.45. The Morgan fingerprint density at radius 2 is 1.86 bits per heavy atom. The van der Waals surface area contributed by atoms with Crippen molar-refractivity contribution in [1.29, 1.82) is 0 Å². The number of carboxylic acids is 1. The molecule has 0 aromatic heterocycles. The maximum Gasteiger partial charge on any atom is 0.332 e. The van der Waals surface area contributed by atoms with Gasteiger partial charge in [0.15, 0.2) is 0 Å². The van der Waals surface area contributed by atoms with Crippen LogP contribution < -0.4 is 0 Å². The van der Waals surface area contributed by atoms with E-state index in [9.17, 15) is 4.79 Å². The number of aliphatic carboxylic acids is 1. The molecule has 0 rings (SSSR count). The first-order valence-corrected chi connectivity index (χ1v) is 1.55. The number of aliphatic hydroxyl groups is 1. The van der Waals surface area contributed by atoms with Gasteiger partial charge in [-0.2, -0.15) is 0 Å². The summed E-state index contributed by atoms with van der Waals surface area (Å²) in [5.74, 6) is -1.19. The zero-order valence-electron chi connectivity index (χ0n) is 3.79. The van der Waals surface area contributed by atoms with Crippen molar-refractivity contribution in [3.8, 4) is 0 Å². The predicted molar refractivity (Wildman–Crippen MR) is 25.1 cm³/mol. The van der Waals surface area contributed by atoms with Gasteiger partial charge >= 0.3 is 5.97 Å². The van der Waals surface area contributed by atoms with E-state index in [1.54, 1.807) is 0 Å². The van der Waals surface area contributed by atoms with Gasteiger partial charge in [0, 0.05) is 17.1 Å². The van der Waals surface area contributed by atoms with Gasteiger partial charge in [-0.3, -0.25) is 0 Å². The van der Waals surface area contributed by atoms with Gasteiger partial charge in [-0.1, -0.05) is 0 Å². The first kappa shape index (κ1) is 10.0. The molecule has 2 N–H and O–H groups in total. The third-order valence-corrected chi connectivity index (χ3v) is 0.357. The van der Waals surface area contributed by atoms with Crippen LogP contribution in [0.2, 0.25) is 0 Å². The molecule has 42 valence electrons. The Labute approximate surface area is 51.8 Å². The molecule has 0 fully saturated rings. The molecule has 0 amide bonds. The number of rotatable bonds is 1. The summed E-state index contributed by atoms with van der Waals surface area (Å²) in [6.45, 7) is 1.20. The first-order valence-electron chi connectivity index (χ1n) is 1.55. The monoisotopic (exact) mass is 170 g/mol. The minimum Gasteiger partial charge on any atom is -0.479 e. The van der Waals surface area contributed by atoms with Gasteiger partial charge in [0.2, 0.25) is 0 Å². The second-order valence-electron chi connectivity index (χ2n) is 1.01. The molecule has 0 aromatic rings. The van der Waals surface area contributed by atoms with Gasteiger partial charge in [-0.05, 0) is 6.92 Å². The number of aliphatic hydroxyl groups excluding tert-OH is 1. The zero-order valence-corrected chi connectivity index (χ0v) is 5.50. The number of hydrogen-bond acceptors (Lipinski definition) is 2. The van der Waals surface area contributed by atoms with E-state index in [0.29, 0.717) is 0 Å². The van der Waals surface area contributed by atoms with Crippen LogP contribution in [0.25, 0.3) is 0 Å². The van der Waals surface area contributed by atoms with Crippen molar-refractivity contribution in [2.24, 2.45) is 0 Å². The first-order chi connectivity index (χ1) is 2.64. The molecule has 0 aliphatic carbocycles. The molecule has 4 heteroatoms. The second kappa shape index (κ2) is 4.12. The molecule has 2 radical (unpaired) electrons. The summed E-state index contributed by atoms with van der Waals surface area (Å²) in [6, 6.07) is 0. The van der Waals surface area contributed by atoms with Crippen molar-refractivity contribution in [3.63, 3.8) is 0 Å². The Morgan fingerprint density at radius 1 is 1.71 bits per heavy atom. The molecule has 0 aliphatic rings. The quantitative estimate of drug-likeness (QED) is 0.498. The zero-order chi connectivity index (χ0) is 5.15. The van der Waals surface area contributed by atoms with Crippen LogP contribution in [0.15, 0.2) is 0 Å². The van der Waals surface area contributed by atoms with Crippen molar-refractivity contribution in [1.82, 2.24) is 0 Å². The van der Waals surface area contributed by atoms with Gasteiger partial charge in [-0.25, -0.2) is 4.79 Å². The third kappa shape index (κ3) is 5.95. The van der Waals surface area contributed by atoms with Crippen molar-refractivity contribution in [2.45, 2.75) is 13.0 Å². The van der Waals surface area contributed by atoms with Crippen LogP contribution in [0, 0.1) is 0 Å². The summed E-state index contributed by atoms with van der Waals surface area (Å²) in [7, 11) is 0. The smallest absolute Gasteiger partial charge is 0.332 e. The van der Waals surface area contributed by atoms with Crippen molar-refractivity contribution < 1.29 is 15.0 Å². The fourth-order valence-electron chi connectivity index (χ4n) is 0. The number of carbonyl (C=O) groups is 1. The van der Waals surface area contributed by atoms with Gasteiger partial charge in [0.25, 0.3) is 0 Å². The molecule has 7 heavy (non-hydrogen) atoms. The van der Waals surface area contributed by atoms with Gasteiger partial charge in [0.05, 0.1) is 0 Å². The maximum absolute atomic E-state index is 9.45. The van der Waals surface area contributed by atoms with E-state index in [2.05, 4.69) is 0 Å². The molecular formula is C3H6O3Se. The largest absolute Gasteiger partial charge is 0.479 e. The standard InChI is InChI=1S/C3H6O3.Se/c1-2(4)3(5)6;/h2,4H,1H3,(H,5,6);. The topological polar surface area (TPSA) is 57.5 Å². The molecule has 0 spiro atoms. The summed E-state index contributed by atoms with van der Waals surface area (Å²) in [5.41, 5.74) is 0. The van der Waals surface area contributed by atoms with E-state index in [4.69, 9.17) is 10.2 Å². The van der Waals surface area contributed by atoms with E-state index in [1.807, 2.05) is 0 Å². The summed E-state index contributed by atoms with van der Waals surface area (Å²) < 4.78 is 0. The van der Waals surface area contributed by atoms with E-state index in [0.717, 1.165) is 0 Å². The fraction of sp³-hybridized carbons (Fsp3) is 0.667. The van der Waals surface area contributed by atoms with Crippen LogP contribution in [0.1, 0.15) is 6.92 Å².